The lowest BCUT2D eigenvalue weighted by Gasteiger charge is -2.28. The number of benzene rings is 2. The second-order valence-corrected chi connectivity index (χ2v) is 6.68. The van der Waals surface area contributed by atoms with Gasteiger partial charge in [-0.15, -0.1) is 0 Å². The first kappa shape index (κ1) is 19.1. The van der Waals surface area contributed by atoms with E-state index in [1.54, 1.807) is 17.0 Å². The van der Waals surface area contributed by atoms with Crippen LogP contribution in [0.15, 0.2) is 48.5 Å². The molecule has 0 aromatic heterocycles. The molecule has 3 rings (SSSR count). The quantitative estimate of drug-likeness (QED) is 0.810. The van der Waals surface area contributed by atoms with Gasteiger partial charge in [-0.05, 0) is 35.7 Å². The number of carbonyl (C=O) groups is 2. The number of amides is 2. The first-order valence-corrected chi connectivity index (χ1v) is 9.04. The molecule has 0 saturated carbocycles. The number of nitrogens with two attached hydrogens (primary N) is 1. The van der Waals surface area contributed by atoms with Crippen molar-refractivity contribution >= 4 is 11.8 Å². The van der Waals surface area contributed by atoms with E-state index < -0.39 is 6.10 Å². The van der Waals surface area contributed by atoms with Gasteiger partial charge in [0.25, 0.3) is 5.91 Å². The number of rotatable bonds is 6. The monoisotopic (exact) mass is 368 g/mol. The van der Waals surface area contributed by atoms with E-state index in [0.717, 1.165) is 16.7 Å². The van der Waals surface area contributed by atoms with Crippen molar-refractivity contribution in [3.63, 3.8) is 0 Å². The van der Waals surface area contributed by atoms with E-state index in [1.807, 2.05) is 43.3 Å². The number of aliphatic hydroxyl groups excluding tert-OH is 1. The zero-order chi connectivity index (χ0) is 19.4. The number of hydrogen-bond donors (Lipinski definition) is 2. The molecule has 2 aromatic rings. The highest BCUT2D eigenvalue weighted by molar-refractivity contribution is 5.95. The highest BCUT2D eigenvalue weighted by Gasteiger charge is 2.34. The van der Waals surface area contributed by atoms with Crippen molar-refractivity contribution in [2.75, 3.05) is 19.8 Å². The fourth-order valence-electron chi connectivity index (χ4n) is 3.35. The summed E-state index contributed by atoms with van der Waals surface area (Å²) in [6.45, 7) is 3.02. The molecule has 1 heterocycles. The summed E-state index contributed by atoms with van der Waals surface area (Å²) in [5.74, 6) is -0.473. The van der Waals surface area contributed by atoms with Gasteiger partial charge in [-0.25, -0.2) is 0 Å². The molecule has 0 radical (unpaired) electrons. The lowest BCUT2D eigenvalue weighted by Crippen LogP contribution is -2.46. The minimum Gasteiger partial charge on any atom is -0.388 e. The van der Waals surface area contributed by atoms with E-state index in [4.69, 9.17) is 10.5 Å². The SMILES string of the molecule is CCN(C(=O)c1ccc(-c2ccc(CC(N)=O)cc2)cc1)[C@H]1COC[C@@H]1O. The minimum atomic E-state index is -0.646. The van der Waals surface area contributed by atoms with Gasteiger partial charge in [0.15, 0.2) is 0 Å². The van der Waals surface area contributed by atoms with E-state index in [1.165, 1.54) is 0 Å². The molecule has 2 aromatic carbocycles. The Kier molecular flexibility index (Phi) is 5.88. The molecule has 1 aliphatic heterocycles. The summed E-state index contributed by atoms with van der Waals surface area (Å²) in [4.78, 5) is 25.5. The topological polar surface area (TPSA) is 92.9 Å². The van der Waals surface area contributed by atoms with Crippen LogP contribution in [-0.4, -0.2) is 53.7 Å². The molecule has 6 nitrogen and oxygen atoms in total. The summed E-state index contributed by atoms with van der Waals surface area (Å²) in [6.07, 6.45) is -0.427. The maximum absolute atomic E-state index is 12.8. The third-order valence-electron chi connectivity index (χ3n) is 4.82. The second-order valence-electron chi connectivity index (χ2n) is 6.68. The molecular weight excluding hydrogens is 344 g/mol. The summed E-state index contributed by atoms with van der Waals surface area (Å²) in [5.41, 5.74) is 8.62. The fourth-order valence-corrected chi connectivity index (χ4v) is 3.35. The molecule has 1 fully saturated rings. The molecule has 0 bridgehead atoms. The molecule has 27 heavy (non-hydrogen) atoms. The normalized spacial score (nSPS) is 19.0. The van der Waals surface area contributed by atoms with Gasteiger partial charge in [-0.2, -0.15) is 0 Å². The van der Waals surface area contributed by atoms with Gasteiger partial charge in [-0.3, -0.25) is 9.59 Å². The van der Waals surface area contributed by atoms with Crippen molar-refractivity contribution in [1.29, 1.82) is 0 Å². The maximum Gasteiger partial charge on any atom is 0.254 e. The third kappa shape index (κ3) is 4.35. The average molecular weight is 368 g/mol. The van der Waals surface area contributed by atoms with E-state index in [9.17, 15) is 14.7 Å². The molecule has 0 unspecified atom stereocenters. The van der Waals surface area contributed by atoms with Gasteiger partial charge in [0.05, 0.1) is 31.8 Å². The van der Waals surface area contributed by atoms with Crippen LogP contribution in [0.25, 0.3) is 11.1 Å². The molecule has 2 atom stereocenters. The molecule has 0 aliphatic carbocycles. The zero-order valence-electron chi connectivity index (χ0n) is 15.3. The Labute approximate surface area is 158 Å². The Morgan fingerprint density at radius 3 is 2.15 bits per heavy atom. The van der Waals surface area contributed by atoms with Crippen LogP contribution in [0, 0.1) is 0 Å². The van der Waals surface area contributed by atoms with Crippen LogP contribution in [0.3, 0.4) is 0 Å². The van der Waals surface area contributed by atoms with Crippen LogP contribution >= 0.6 is 0 Å². The van der Waals surface area contributed by atoms with Crippen molar-refractivity contribution in [3.05, 3.63) is 59.7 Å². The van der Waals surface area contributed by atoms with Crippen molar-refractivity contribution in [1.82, 2.24) is 4.90 Å². The van der Waals surface area contributed by atoms with Gasteiger partial charge in [0.2, 0.25) is 5.91 Å². The Hall–Kier alpha value is -2.70. The average Bonchev–Trinajstić information content (AvgIpc) is 3.08. The van der Waals surface area contributed by atoms with Crippen molar-refractivity contribution in [2.24, 2.45) is 5.73 Å². The fraction of sp³-hybridized carbons (Fsp3) is 0.333. The predicted octanol–water partition coefficient (Wildman–Crippen LogP) is 1.60. The Morgan fingerprint density at radius 1 is 1.07 bits per heavy atom. The van der Waals surface area contributed by atoms with Crippen molar-refractivity contribution in [2.45, 2.75) is 25.5 Å². The first-order chi connectivity index (χ1) is 13.0. The largest absolute Gasteiger partial charge is 0.388 e. The molecule has 6 heteroatoms. The lowest BCUT2D eigenvalue weighted by molar-refractivity contribution is -0.117. The van der Waals surface area contributed by atoms with Crippen LogP contribution in [0.4, 0.5) is 0 Å². The Balaban J connectivity index is 1.74. The number of ether oxygens (including phenoxy) is 1. The Bertz CT molecular complexity index is 802. The summed E-state index contributed by atoms with van der Waals surface area (Å²) in [6, 6.07) is 14.7. The van der Waals surface area contributed by atoms with Gasteiger partial charge >= 0.3 is 0 Å². The van der Waals surface area contributed by atoms with Crippen LogP contribution in [0.2, 0.25) is 0 Å². The molecule has 1 aliphatic rings. The van der Waals surface area contributed by atoms with Crippen LogP contribution < -0.4 is 5.73 Å². The lowest BCUT2D eigenvalue weighted by atomic mass is 10.0. The first-order valence-electron chi connectivity index (χ1n) is 9.04. The summed E-state index contributed by atoms with van der Waals surface area (Å²) >= 11 is 0. The second kappa shape index (κ2) is 8.33. The number of aliphatic hydroxyl groups is 1. The Morgan fingerprint density at radius 2 is 1.67 bits per heavy atom. The molecule has 1 saturated heterocycles. The molecule has 2 amide bonds. The molecular formula is C21H24N2O4. The highest BCUT2D eigenvalue weighted by atomic mass is 16.5. The summed E-state index contributed by atoms with van der Waals surface area (Å²) in [7, 11) is 0. The van der Waals surface area contributed by atoms with E-state index in [0.29, 0.717) is 18.7 Å². The number of nitrogens with zero attached hydrogens (tertiary/aromatic N) is 1. The van der Waals surface area contributed by atoms with Crippen LogP contribution in [-0.2, 0) is 16.0 Å². The zero-order valence-corrected chi connectivity index (χ0v) is 15.3. The van der Waals surface area contributed by atoms with Crippen molar-refractivity contribution < 1.29 is 19.4 Å². The number of likely N-dealkylation sites (N-methyl/N-ethyl adjacent to an activating group) is 1. The predicted molar refractivity (Wildman–Crippen MR) is 102 cm³/mol. The third-order valence-corrected chi connectivity index (χ3v) is 4.82. The van der Waals surface area contributed by atoms with Crippen molar-refractivity contribution in [3.8, 4) is 11.1 Å². The standard InChI is InChI=1S/C21H24N2O4/c1-2-23(18-12-27-13-19(18)24)21(26)17-9-7-16(8-10-17)15-5-3-14(4-6-15)11-20(22)25/h3-10,18-19,24H,2,11-13H2,1H3,(H2,22,25)/t18-,19-/m0/s1. The van der Waals surface area contributed by atoms with Crippen LogP contribution in [0.5, 0.6) is 0 Å². The molecule has 0 spiro atoms. The van der Waals surface area contributed by atoms with Gasteiger partial charge in [0.1, 0.15) is 0 Å². The maximum atomic E-state index is 12.8. The van der Waals surface area contributed by atoms with Gasteiger partial charge in [-0.1, -0.05) is 36.4 Å². The van der Waals surface area contributed by atoms with E-state index >= 15 is 0 Å². The summed E-state index contributed by atoms with van der Waals surface area (Å²) in [5, 5.41) is 10.0. The van der Waals surface area contributed by atoms with E-state index in [-0.39, 0.29) is 30.9 Å². The van der Waals surface area contributed by atoms with Crippen LogP contribution in [0.1, 0.15) is 22.8 Å². The minimum absolute atomic E-state index is 0.115. The number of carbonyl (C=O) groups excluding carboxylic acids is 2. The number of primary amides is 1. The highest BCUT2D eigenvalue weighted by Crippen LogP contribution is 2.22. The van der Waals surface area contributed by atoms with Gasteiger partial charge in [0, 0.05) is 12.1 Å². The van der Waals surface area contributed by atoms with Gasteiger partial charge < -0.3 is 20.5 Å². The number of hydrogen-bond acceptors (Lipinski definition) is 4. The van der Waals surface area contributed by atoms with E-state index in [2.05, 4.69) is 0 Å². The summed E-state index contributed by atoms with van der Waals surface area (Å²) < 4.78 is 5.28. The smallest absolute Gasteiger partial charge is 0.254 e. The molecule has 3 N–H and O–H groups in total. The molecule has 142 valence electrons.